The van der Waals surface area contributed by atoms with Crippen LogP contribution >= 0.6 is 0 Å². The zero-order valence-corrected chi connectivity index (χ0v) is 12.7. The molecular weight excluding hydrogens is 222 g/mol. The van der Waals surface area contributed by atoms with Crippen molar-refractivity contribution >= 4 is 0 Å². The van der Waals surface area contributed by atoms with Crippen molar-refractivity contribution in [2.75, 3.05) is 6.54 Å². The molecule has 2 unspecified atom stereocenters. The Balaban J connectivity index is 2.38. The molecule has 2 atom stereocenters. The van der Waals surface area contributed by atoms with E-state index in [1.54, 1.807) is 0 Å². The van der Waals surface area contributed by atoms with Gasteiger partial charge in [0, 0.05) is 18.6 Å². The van der Waals surface area contributed by atoms with Crippen molar-refractivity contribution in [1.29, 1.82) is 0 Å². The molecule has 3 heteroatoms. The van der Waals surface area contributed by atoms with E-state index in [-0.39, 0.29) is 0 Å². The van der Waals surface area contributed by atoms with E-state index in [2.05, 4.69) is 36.7 Å². The molecule has 1 heterocycles. The Hall–Kier alpha value is -0.120. The van der Waals surface area contributed by atoms with Gasteiger partial charge in [-0.05, 0) is 25.7 Å². The van der Waals surface area contributed by atoms with Crippen LogP contribution in [0.2, 0.25) is 0 Å². The van der Waals surface area contributed by atoms with E-state index in [1.165, 1.54) is 57.8 Å². The second kappa shape index (κ2) is 9.76. The number of hydrogen-bond donors (Lipinski definition) is 2. The van der Waals surface area contributed by atoms with Gasteiger partial charge in [0.25, 0.3) is 0 Å². The summed E-state index contributed by atoms with van der Waals surface area (Å²) in [5, 5.41) is 2.27. The third-order valence-electron chi connectivity index (χ3n) is 3.79. The molecule has 1 aliphatic heterocycles. The van der Waals surface area contributed by atoms with Crippen LogP contribution in [0, 0.1) is 0 Å². The highest BCUT2D eigenvalue weighted by Crippen LogP contribution is 2.16. The molecule has 0 radical (unpaired) electrons. The number of hydrazine groups is 2. The Kier molecular flexibility index (Phi) is 8.64. The summed E-state index contributed by atoms with van der Waals surface area (Å²) in [7, 11) is 0. The minimum Gasteiger partial charge on any atom is -0.238 e. The molecule has 1 aliphatic rings. The molecule has 0 aromatic carbocycles. The van der Waals surface area contributed by atoms with E-state index in [0.29, 0.717) is 12.1 Å². The fourth-order valence-corrected chi connectivity index (χ4v) is 2.64. The summed E-state index contributed by atoms with van der Waals surface area (Å²) in [6.07, 6.45) is 11.8. The summed E-state index contributed by atoms with van der Waals surface area (Å²) in [6, 6.07) is 1.37. The largest absolute Gasteiger partial charge is 0.238 e. The topological polar surface area (TPSA) is 27.3 Å². The van der Waals surface area contributed by atoms with Crippen molar-refractivity contribution in [3.05, 3.63) is 0 Å². The minimum atomic E-state index is 0.685. The van der Waals surface area contributed by atoms with Crippen LogP contribution in [0.5, 0.6) is 0 Å². The van der Waals surface area contributed by atoms with Gasteiger partial charge >= 0.3 is 0 Å². The molecule has 3 nitrogen and oxygen atoms in total. The van der Waals surface area contributed by atoms with Crippen LogP contribution in [0.25, 0.3) is 0 Å². The average molecular weight is 255 g/mol. The molecule has 18 heavy (non-hydrogen) atoms. The van der Waals surface area contributed by atoms with Crippen LogP contribution in [-0.4, -0.2) is 23.7 Å². The van der Waals surface area contributed by atoms with Crippen LogP contribution in [-0.2, 0) is 0 Å². The maximum Gasteiger partial charge on any atom is 0.0288 e. The first-order valence-electron chi connectivity index (χ1n) is 8.10. The monoisotopic (exact) mass is 255 g/mol. The second-order valence-corrected chi connectivity index (χ2v) is 5.68. The van der Waals surface area contributed by atoms with Gasteiger partial charge < -0.3 is 0 Å². The van der Waals surface area contributed by atoms with Crippen LogP contribution in [0.1, 0.15) is 78.6 Å². The van der Waals surface area contributed by atoms with Crippen LogP contribution in [0.15, 0.2) is 0 Å². The van der Waals surface area contributed by atoms with Crippen molar-refractivity contribution in [1.82, 2.24) is 16.0 Å². The van der Waals surface area contributed by atoms with E-state index in [1.807, 2.05) is 0 Å². The van der Waals surface area contributed by atoms with Gasteiger partial charge in [-0.25, -0.2) is 10.9 Å². The number of hydrogen-bond acceptors (Lipinski definition) is 3. The van der Waals surface area contributed by atoms with Gasteiger partial charge in [0.2, 0.25) is 0 Å². The van der Waals surface area contributed by atoms with Crippen LogP contribution in [0.3, 0.4) is 0 Å². The molecule has 0 saturated carbocycles. The molecule has 0 aromatic heterocycles. The predicted octanol–water partition coefficient (Wildman–Crippen LogP) is 3.62. The van der Waals surface area contributed by atoms with E-state index in [0.717, 1.165) is 6.54 Å². The standard InChI is InChI=1S/C15H33N3/c1-4-7-10-14-13-15(11-8-5-2)17-18(16-14)12-9-6-3/h14-17H,4-13H2,1-3H3. The third-order valence-corrected chi connectivity index (χ3v) is 3.79. The summed E-state index contributed by atoms with van der Waals surface area (Å²) in [4.78, 5) is 0. The fourth-order valence-electron chi connectivity index (χ4n) is 2.64. The number of rotatable bonds is 9. The normalized spacial score (nSPS) is 25.5. The Morgan fingerprint density at radius 1 is 0.833 bits per heavy atom. The van der Waals surface area contributed by atoms with Gasteiger partial charge in [0.05, 0.1) is 0 Å². The maximum absolute atomic E-state index is 3.65. The van der Waals surface area contributed by atoms with E-state index >= 15 is 0 Å². The lowest BCUT2D eigenvalue weighted by Crippen LogP contribution is -2.62. The fraction of sp³-hybridized carbons (Fsp3) is 1.00. The first-order valence-corrected chi connectivity index (χ1v) is 8.10. The molecule has 0 aliphatic carbocycles. The van der Waals surface area contributed by atoms with Crippen molar-refractivity contribution < 1.29 is 0 Å². The molecule has 108 valence electrons. The van der Waals surface area contributed by atoms with Crippen LogP contribution in [0.4, 0.5) is 0 Å². The van der Waals surface area contributed by atoms with Gasteiger partial charge in [0.15, 0.2) is 0 Å². The Morgan fingerprint density at radius 2 is 1.33 bits per heavy atom. The first-order chi connectivity index (χ1) is 8.80. The SMILES string of the molecule is CCCCC1CC(CCCC)NN(CCCC)N1. The quantitative estimate of drug-likeness (QED) is 0.659. The number of unbranched alkanes of at least 4 members (excludes halogenated alkanes) is 3. The third kappa shape index (κ3) is 6.17. The van der Waals surface area contributed by atoms with Crippen molar-refractivity contribution in [3.63, 3.8) is 0 Å². The Labute approximate surface area is 114 Å². The van der Waals surface area contributed by atoms with Gasteiger partial charge in [-0.1, -0.05) is 52.9 Å². The van der Waals surface area contributed by atoms with E-state index < -0.39 is 0 Å². The van der Waals surface area contributed by atoms with Gasteiger partial charge in [-0.3, -0.25) is 0 Å². The Bertz CT molecular complexity index is 157. The smallest absolute Gasteiger partial charge is 0.0288 e. The highest BCUT2D eigenvalue weighted by Gasteiger charge is 2.24. The maximum atomic E-state index is 3.65. The van der Waals surface area contributed by atoms with Gasteiger partial charge in [0.1, 0.15) is 0 Å². The zero-order chi connectivity index (χ0) is 13.2. The number of nitrogens with zero attached hydrogens (tertiary/aromatic N) is 1. The first kappa shape index (κ1) is 15.9. The molecule has 1 fully saturated rings. The second-order valence-electron chi connectivity index (χ2n) is 5.68. The Morgan fingerprint density at radius 3 is 1.78 bits per heavy atom. The molecule has 0 amide bonds. The summed E-state index contributed by atoms with van der Waals surface area (Å²) in [5.74, 6) is 0. The highest BCUT2D eigenvalue weighted by atomic mass is 15.7. The molecule has 1 rings (SSSR count). The van der Waals surface area contributed by atoms with Crippen molar-refractivity contribution in [3.8, 4) is 0 Å². The van der Waals surface area contributed by atoms with Crippen molar-refractivity contribution in [2.45, 2.75) is 90.6 Å². The molecular formula is C15H33N3. The molecule has 0 bridgehead atoms. The van der Waals surface area contributed by atoms with Gasteiger partial charge in [-0.2, -0.15) is 5.12 Å². The summed E-state index contributed by atoms with van der Waals surface area (Å²) >= 11 is 0. The van der Waals surface area contributed by atoms with Gasteiger partial charge in [-0.15, -0.1) is 0 Å². The zero-order valence-electron chi connectivity index (χ0n) is 12.7. The molecule has 2 N–H and O–H groups in total. The highest BCUT2D eigenvalue weighted by molar-refractivity contribution is 4.79. The molecule has 1 saturated heterocycles. The lowest BCUT2D eigenvalue weighted by atomic mass is 9.98. The molecule has 0 spiro atoms. The van der Waals surface area contributed by atoms with E-state index in [9.17, 15) is 0 Å². The summed E-state index contributed by atoms with van der Waals surface area (Å²) in [5.41, 5.74) is 7.30. The lowest BCUT2D eigenvalue weighted by Gasteiger charge is -2.40. The summed E-state index contributed by atoms with van der Waals surface area (Å²) < 4.78 is 0. The lowest BCUT2D eigenvalue weighted by molar-refractivity contribution is 0.0153. The minimum absolute atomic E-state index is 0.685. The average Bonchev–Trinajstić information content (AvgIpc) is 2.40. The van der Waals surface area contributed by atoms with E-state index in [4.69, 9.17) is 0 Å². The summed E-state index contributed by atoms with van der Waals surface area (Å²) in [6.45, 7) is 7.95. The molecule has 0 aromatic rings. The predicted molar refractivity (Wildman–Crippen MR) is 79.1 cm³/mol. The van der Waals surface area contributed by atoms with Crippen LogP contribution < -0.4 is 10.9 Å². The van der Waals surface area contributed by atoms with Crippen molar-refractivity contribution in [2.24, 2.45) is 0 Å². The number of nitrogens with one attached hydrogen (secondary N) is 2.